The van der Waals surface area contributed by atoms with Gasteiger partial charge in [0.1, 0.15) is 0 Å². The van der Waals surface area contributed by atoms with Gasteiger partial charge in [-0.25, -0.2) is 0 Å². The van der Waals surface area contributed by atoms with Crippen molar-refractivity contribution in [2.75, 3.05) is 0 Å². The topological polar surface area (TPSA) is 17.1 Å². The molecule has 0 radical (unpaired) electrons. The molecular weight excluding hydrogens is 136 g/mol. The summed E-state index contributed by atoms with van der Waals surface area (Å²) in [5.74, 6) is 0.131. The molecule has 0 bridgehead atoms. The van der Waals surface area contributed by atoms with E-state index >= 15 is 0 Å². The van der Waals surface area contributed by atoms with Crippen molar-refractivity contribution in [2.45, 2.75) is 38.5 Å². The molecule has 0 fully saturated rings. The Morgan fingerprint density at radius 2 is 2.00 bits per heavy atom. The van der Waals surface area contributed by atoms with Crippen molar-refractivity contribution in [2.24, 2.45) is 0 Å². The Kier molecular flexibility index (Phi) is 3.20. The molecule has 0 heterocycles. The molecule has 9 heavy (non-hydrogen) atoms. The van der Waals surface area contributed by atoms with E-state index in [1.54, 1.807) is 6.92 Å². The first-order valence-corrected chi connectivity index (χ1v) is 3.64. The summed E-state index contributed by atoms with van der Waals surface area (Å²) in [7, 11) is 0. The van der Waals surface area contributed by atoms with Gasteiger partial charge >= 0.3 is 0 Å². The van der Waals surface area contributed by atoms with Crippen LogP contribution >= 0.6 is 11.6 Å². The lowest BCUT2D eigenvalue weighted by atomic mass is 10.0. The van der Waals surface area contributed by atoms with Crippen molar-refractivity contribution < 1.29 is 4.79 Å². The van der Waals surface area contributed by atoms with Gasteiger partial charge in [-0.05, 0) is 13.3 Å². The summed E-state index contributed by atoms with van der Waals surface area (Å²) in [6.45, 7) is 5.51. The molecule has 0 aromatic rings. The number of rotatable bonds is 3. The largest absolute Gasteiger partial charge is 0.298 e. The van der Waals surface area contributed by atoms with E-state index in [1.165, 1.54) is 0 Å². The van der Waals surface area contributed by atoms with Gasteiger partial charge in [-0.3, -0.25) is 4.79 Å². The quantitative estimate of drug-likeness (QED) is 0.562. The van der Waals surface area contributed by atoms with E-state index in [4.69, 9.17) is 11.6 Å². The SMILES string of the molecule is CCC(=O)C(C)(Cl)CC. The van der Waals surface area contributed by atoms with Gasteiger partial charge in [0.2, 0.25) is 0 Å². The van der Waals surface area contributed by atoms with Gasteiger partial charge in [0.05, 0.1) is 4.87 Å². The maximum Gasteiger partial charge on any atom is 0.153 e. The summed E-state index contributed by atoms with van der Waals surface area (Å²) in [5, 5.41) is 0. The van der Waals surface area contributed by atoms with Crippen molar-refractivity contribution in [1.82, 2.24) is 0 Å². The van der Waals surface area contributed by atoms with Crippen LogP contribution < -0.4 is 0 Å². The van der Waals surface area contributed by atoms with E-state index in [1.807, 2.05) is 13.8 Å². The number of ketones is 1. The molecule has 0 rings (SSSR count). The van der Waals surface area contributed by atoms with E-state index in [-0.39, 0.29) is 5.78 Å². The van der Waals surface area contributed by atoms with Crippen LogP contribution in [0.15, 0.2) is 0 Å². The highest BCUT2D eigenvalue weighted by atomic mass is 35.5. The number of halogens is 1. The second-order valence-electron chi connectivity index (χ2n) is 2.33. The monoisotopic (exact) mass is 148 g/mol. The van der Waals surface area contributed by atoms with E-state index in [9.17, 15) is 4.79 Å². The molecule has 0 N–H and O–H groups in total. The number of carbonyl (C=O) groups is 1. The predicted molar refractivity (Wildman–Crippen MR) is 39.8 cm³/mol. The normalized spacial score (nSPS) is 16.9. The van der Waals surface area contributed by atoms with Gasteiger partial charge in [-0.1, -0.05) is 13.8 Å². The summed E-state index contributed by atoms with van der Waals surface area (Å²) in [6, 6.07) is 0. The third-order valence-electron chi connectivity index (χ3n) is 1.57. The summed E-state index contributed by atoms with van der Waals surface area (Å²) in [6.07, 6.45) is 1.25. The lowest BCUT2D eigenvalue weighted by Crippen LogP contribution is -2.26. The molecule has 1 unspecified atom stereocenters. The molecule has 0 aromatic carbocycles. The van der Waals surface area contributed by atoms with Crippen LogP contribution in [0.5, 0.6) is 0 Å². The standard InChI is InChI=1S/C7H13ClO/c1-4-6(9)7(3,8)5-2/h4-5H2,1-3H3. The smallest absolute Gasteiger partial charge is 0.153 e. The summed E-state index contributed by atoms with van der Waals surface area (Å²) >= 11 is 5.82. The number of Topliss-reactive ketones (excluding diaryl/α,β-unsaturated/α-hetero) is 1. The van der Waals surface area contributed by atoms with Crippen molar-refractivity contribution in [3.05, 3.63) is 0 Å². The molecule has 0 aromatic heterocycles. The second-order valence-corrected chi connectivity index (χ2v) is 3.16. The fraction of sp³-hybridized carbons (Fsp3) is 0.857. The average molecular weight is 149 g/mol. The fourth-order valence-corrected chi connectivity index (χ4v) is 0.699. The van der Waals surface area contributed by atoms with E-state index in [0.717, 1.165) is 0 Å². The molecule has 0 aliphatic rings. The Balaban J connectivity index is 3.97. The zero-order chi connectivity index (χ0) is 7.49. The van der Waals surface area contributed by atoms with Crippen molar-refractivity contribution in [3.8, 4) is 0 Å². The minimum absolute atomic E-state index is 0.131. The Morgan fingerprint density at radius 3 is 2.11 bits per heavy atom. The number of alkyl halides is 1. The third kappa shape index (κ3) is 2.35. The maximum absolute atomic E-state index is 10.9. The van der Waals surface area contributed by atoms with Crippen LogP contribution in [0.3, 0.4) is 0 Å². The summed E-state index contributed by atoms with van der Waals surface area (Å²) in [4.78, 5) is 10.3. The van der Waals surface area contributed by atoms with Crippen molar-refractivity contribution in [1.29, 1.82) is 0 Å². The molecule has 0 saturated heterocycles. The first-order chi connectivity index (χ1) is 4.04. The summed E-state index contributed by atoms with van der Waals surface area (Å²) < 4.78 is 0. The first kappa shape index (κ1) is 8.96. The Hall–Kier alpha value is -0.0400. The highest BCUT2D eigenvalue weighted by Gasteiger charge is 2.25. The Labute approximate surface area is 61.4 Å². The van der Waals surface area contributed by atoms with E-state index < -0.39 is 4.87 Å². The maximum atomic E-state index is 10.9. The lowest BCUT2D eigenvalue weighted by molar-refractivity contribution is -0.121. The molecule has 0 aliphatic heterocycles. The van der Waals surface area contributed by atoms with Crippen LogP contribution in [0.4, 0.5) is 0 Å². The Morgan fingerprint density at radius 1 is 1.56 bits per heavy atom. The van der Waals surface area contributed by atoms with Crippen molar-refractivity contribution >= 4 is 17.4 Å². The average Bonchev–Trinajstić information content (AvgIpc) is 1.86. The van der Waals surface area contributed by atoms with Crippen molar-refractivity contribution in [3.63, 3.8) is 0 Å². The van der Waals surface area contributed by atoms with Crippen LogP contribution in [0.25, 0.3) is 0 Å². The molecule has 2 heteroatoms. The van der Waals surface area contributed by atoms with Gasteiger partial charge in [0.15, 0.2) is 5.78 Å². The molecule has 0 spiro atoms. The molecule has 0 saturated carbocycles. The fourth-order valence-electron chi connectivity index (χ4n) is 0.566. The molecule has 0 aliphatic carbocycles. The minimum atomic E-state index is -0.616. The molecule has 0 amide bonds. The molecule has 1 atom stereocenters. The number of carbonyl (C=O) groups excluding carboxylic acids is 1. The van der Waals surface area contributed by atoms with E-state index in [2.05, 4.69) is 0 Å². The molecule has 1 nitrogen and oxygen atoms in total. The molecular formula is C7H13ClO. The zero-order valence-corrected chi connectivity index (χ0v) is 6.96. The van der Waals surface area contributed by atoms with Gasteiger partial charge in [-0.15, -0.1) is 11.6 Å². The Bertz CT molecular complexity index is 107. The van der Waals surface area contributed by atoms with Gasteiger partial charge in [0, 0.05) is 6.42 Å². The summed E-state index contributed by atoms with van der Waals surface area (Å²) in [5.41, 5.74) is 0. The van der Waals surface area contributed by atoms with Crippen LogP contribution in [0.2, 0.25) is 0 Å². The zero-order valence-electron chi connectivity index (χ0n) is 6.20. The van der Waals surface area contributed by atoms with Gasteiger partial charge < -0.3 is 0 Å². The van der Waals surface area contributed by atoms with Crippen LogP contribution in [0, 0.1) is 0 Å². The third-order valence-corrected chi connectivity index (χ3v) is 2.04. The van der Waals surface area contributed by atoms with Crippen LogP contribution in [0.1, 0.15) is 33.6 Å². The number of hydrogen-bond acceptors (Lipinski definition) is 1. The van der Waals surface area contributed by atoms with Gasteiger partial charge in [0.25, 0.3) is 0 Å². The van der Waals surface area contributed by atoms with Crippen LogP contribution in [-0.2, 0) is 4.79 Å². The predicted octanol–water partition coefficient (Wildman–Crippen LogP) is 2.37. The van der Waals surface area contributed by atoms with Crippen LogP contribution in [-0.4, -0.2) is 10.7 Å². The minimum Gasteiger partial charge on any atom is -0.298 e. The highest BCUT2D eigenvalue weighted by Crippen LogP contribution is 2.20. The van der Waals surface area contributed by atoms with E-state index in [0.29, 0.717) is 12.8 Å². The second kappa shape index (κ2) is 3.21. The highest BCUT2D eigenvalue weighted by molar-refractivity contribution is 6.34. The van der Waals surface area contributed by atoms with Gasteiger partial charge in [-0.2, -0.15) is 0 Å². The lowest BCUT2D eigenvalue weighted by Gasteiger charge is -2.16. The first-order valence-electron chi connectivity index (χ1n) is 3.26. The number of hydrogen-bond donors (Lipinski definition) is 0. The molecule has 54 valence electrons.